The number of hydrazine groups is 1. The average molecular weight is 2010 g/mol. The summed E-state index contributed by atoms with van der Waals surface area (Å²) < 4.78 is 85.6. The topological polar surface area (TPSA) is 937 Å². The number of nitrogens with zero attached hydrogens (tertiary/aromatic N) is 3. The Labute approximate surface area is 782 Å². The van der Waals surface area contributed by atoms with Crippen LogP contribution in [0.1, 0.15) is 92.9 Å². The van der Waals surface area contributed by atoms with E-state index in [0.717, 1.165) is 69.7 Å². The molecule has 26 N–H and O–H groups in total. The van der Waals surface area contributed by atoms with Gasteiger partial charge in [-0.15, -0.1) is 0 Å². The highest BCUT2D eigenvalue weighted by molar-refractivity contribution is 6.13. The number of imide groups is 2. The fourth-order valence-electron chi connectivity index (χ4n) is 15.4. The molecule has 0 radical (unpaired) electrons. The van der Waals surface area contributed by atoms with Gasteiger partial charge in [-0.05, 0) is 0 Å². The maximum absolute atomic E-state index is 12.5. The van der Waals surface area contributed by atoms with Crippen LogP contribution in [0.3, 0.4) is 0 Å². The van der Waals surface area contributed by atoms with Crippen molar-refractivity contribution in [1.29, 1.82) is 0 Å². The lowest BCUT2D eigenvalue weighted by Gasteiger charge is -2.50. The highest BCUT2D eigenvalue weighted by Gasteiger charge is 2.63. The Morgan fingerprint density at radius 2 is 0.633 bits per heavy atom. The van der Waals surface area contributed by atoms with Gasteiger partial charge in [0.15, 0.2) is 6.29 Å². The molecule has 0 aromatic heterocycles. The molecule has 0 aromatic carbocycles. The summed E-state index contributed by atoms with van der Waals surface area (Å²) in [6.45, 7) is -0.830. The number of aliphatic hydroxyl groups excluding tert-OH is 14. The van der Waals surface area contributed by atoms with Crippen LogP contribution in [-0.2, 0) is 167 Å². The molecule has 32 atom stereocenters. The summed E-state index contributed by atoms with van der Waals surface area (Å²) in [5.41, 5.74) is 4.00. The normalized spacial score (nSPS) is 33.7. The van der Waals surface area contributed by atoms with Crippen LogP contribution < -0.4 is 48.6 Å². The fourth-order valence-corrected chi connectivity index (χ4v) is 15.4. The van der Waals surface area contributed by atoms with Crippen LogP contribution in [0, 0.1) is 0 Å². The molecule has 63 heteroatoms. The van der Waals surface area contributed by atoms with Gasteiger partial charge >= 0.3 is 35.8 Å². The van der Waals surface area contributed by atoms with Crippen LogP contribution in [0.2, 0.25) is 0 Å². The number of rotatable bonds is 47. The molecular formula is C76H110N12O51. The number of nitrogens with two attached hydrogens (primary N) is 1. The maximum atomic E-state index is 12.5. The van der Waals surface area contributed by atoms with Gasteiger partial charge < -0.3 is 194 Å². The molecular weight excluding hydrogens is 1900 g/mol. The van der Waals surface area contributed by atoms with Crippen LogP contribution in [0.5, 0.6) is 0 Å². The second kappa shape index (κ2) is 52.2. The monoisotopic (exact) mass is 2010 g/mol. The van der Waals surface area contributed by atoms with Crippen molar-refractivity contribution in [1.82, 2.24) is 52.6 Å². The van der Waals surface area contributed by atoms with Gasteiger partial charge in [-0.25, -0.2) is 11.3 Å². The molecule has 0 saturated carbocycles. The molecule has 0 aliphatic carbocycles. The van der Waals surface area contributed by atoms with E-state index in [1.165, 1.54) is 12.2 Å². The molecule has 0 bridgehead atoms. The van der Waals surface area contributed by atoms with Gasteiger partial charge in [0.1, 0.15) is 85.5 Å². The van der Waals surface area contributed by atoms with E-state index in [0.29, 0.717) is 0 Å². The first-order chi connectivity index (χ1) is 65.4. The average Bonchev–Trinajstić information content (AvgIpc) is 0.895. The SMILES string of the molecule is CC(=O)NC1C(O)CC(OC=O)(OC(CO)C(O)C2OC(OC=O)(OC(CO)C(O)C3OC(O)(OC=O)CC(O)C3NC(C)=O)CC(O)C2NC(C)=O)OC1/C=N/NC(=O)CCN1C(=O)C=CC1=O.CC(=O)NC1C(O)CC(OC=O)(OC(CO)C(O)C2OC(OC=O)(OC(CO)C(O)C3OC(O)(OC=O)CC(O)C3NC(C)=O)CC(O)C2NC(C)=O)OC1C=O.NNC(=O)CCN1C(=O)C=CC1=O. The zero-order valence-electron chi connectivity index (χ0n) is 74.2. The predicted molar refractivity (Wildman–Crippen MR) is 430 cm³/mol. The van der Waals surface area contributed by atoms with Crippen LogP contribution in [0.4, 0.5) is 0 Å². The first-order valence-corrected chi connectivity index (χ1v) is 41.5. The Morgan fingerprint density at radius 3 is 0.899 bits per heavy atom. The molecule has 32 unspecified atom stereocenters. The van der Waals surface area contributed by atoms with E-state index < -0.39 is 336 Å². The van der Waals surface area contributed by atoms with E-state index in [9.17, 15) is 173 Å². The summed E-state index contributed by atoms with van der Waals surface area (Å²) in [6.07, 6.45) is -41.3. The van der Waals surface area contributed by atoms with Crippen LogP contribution in [-0.4, -0.2) is 447 Å². The predicted octanol–water partition coefficient (Wildman–Crippen LogP) is -18.3. The third-order valence-corrected chi connectivity index (χ3v) is 21.4. The van der Waals surface area contributed by atoms with Crippen LogP contribution in [0.25, 0.3) is 0 Å². The van der Waals surface area contributed by atoms with Gasteiger partial charge in [-0.2, -0.15) is 5.10 Å². The number of amides is 12. The summed E-state index contributed by atoms with van der Waals surface area (Å²) in [5, 5.41) is 193. The largest absolute Gasteiger partial charge is 0.410 e. The number of hydrazone groups is 1. The van der Waals surface area contributed by atoms with Crippen LogP contribution >= 0.6 is 0 Å². The molecule has 8 rings (SSSR count). The molecule has 0 aromatic rings. The van der Waals surface area contributed by atoms with E-state index >= 15 is 0 Å². The number of hydrogen-bond donors (Lipinski definition) is 25. The summed E-state index contributed by atoms with van der Waals surface area (Å²) in [7, 11) is 0. The Bertz CT molecular complexity index is 4360. The van der Waals surface area contributed by atoms with Crippen molar-refractivity contribution in [2.45, 2.75) is 287 Å². The quantitative estimate of drug-likeness (QED) is 0.00393. The van der Waals surface area contributed by atoms with Gasteiger partial charge in [-0.1, -0.05) is 0 Å². The van der Waals surface area contributed by atoms with Crippen molar-refractivity contribution in [3.63, 3.8) is 0 Å². The molecule has 8 heterocycles. The Kier molecular flexibility index (Phi) is 43.7. The molecule has 8 aliphatic rings. The number of aliphatic hydroxyl groups is 16. The minimum Gasteiger partial charge on any atom is -0.410 e. The zero-order chi connectivity index (χ0) is 104. The van der Waals surface area contributed by atoms with Gasteiger partial charge in [-0.3, -0.25) is 102 Å². The van der Waals surface area contributed by atoms with Crippen molar-refractivity contribution in [3.8, 4) is 0 Å². The molecule has 6 fully saturated rings. The van der Waals surface area contributed by atoms with Gasteiger partial charge in [0.25, 0.3) is 62.5 Å². The molecule has 0 spiro atoms. The Balaban J connectivity index is 0.000000381. The van der Waals surface area contributed by atoms with E-state index in [2.05, 4.69) is 51.9 Å². The molecule has 8 aliphatic heterocycles. The lowest BCUT2D eigenvalue weighted by atomic mass is 9.90. The van der Waals surface area contributed by atoms with Gasteiger partial charge in [0.2, 0.25) is 47.3 Å². The Morgan fingerprint density at radius 1 is 0.388 bits per heavy atom. The molecule has 780 valence electrons. The maximum Gasteiger partial charge on any atom is 0.332 e. The minimum atomic E-state index is -3.02. The van der Waals surface area contributed by atoms with Gasteiger partial charge in [0, 0.05) is 91.8 Å². The van der Waals surface area contributed by atoms with E-state index in [4.69, 9.17) is 72.2 Å². The highest BCUT2D eigenvalue weighted by atomic mass is 16.9. The zero-order valence-corrected chi connectivity index (χ0v) is 74.2. The highest BCUT2D eigenvalue weighted by Crippen LogP contribution is 2.43. The number of ether oxygens (including phenoxy) is 16. The molecule has 6 saturated heterocycles. The molecule has 139 heavy (non-hydrogen) atoms. The summed E-state index contributed by atoms with van der Waals surface area (Å²) in [5.74, 6) is -20.7. The Hall–Kier alpha value is -11.4. The van der Waals surface area contributed by atoms with E-state index in [-0.39, 0.29) is 64.6 Å². The number of aldehydes is 1. The van der Waals surface area contributed by atoms with Crippen molar-refractivity contribution < 1.29 is 249 Å². The first kappa shape index (κ1) is 116. The minimum absolute atomic E-state index is 0.0235. The number of nitrogens with one attached hydrogen (secondary N) is 8. The smallest absolute Gasteiger partial charge is 0.332 e. The van der Waals surface area contributed by atoms with E-state index in [1.54, 1.807) is 0 Å². The van der Waals surface area contributed by atoms with Crippen molar-refractivity contribution in [2.75, 3.05) is 39.5 Å². The molecule has 12 amide bonds. The standard InChI is InChI=1S/C38H54N6O25.C31H47N3O23.C7H9N3O3/c1-17(50)40-29-21(54)9-37(63-15-48,65-23(29)11-39-43-26(56)6-7-44-27(57)4-5-28(44)58)66-25(13-46)33(60)35-31(42-19(3)52)22(55)10-38(69-35,64-16-49)67-24(12-45)32(59)34-30(41-18(2)51)20(53)8-36(61,68-34)62-14-47;1-13(41)32-22-17(45)5-30(51-11-39,53-19(22)7-35)54-21(9-37)26(48)28-24(34-15(3)43)18(46)6-31(57-28,52-12-40)55-20(8-36)25(47)27-23(33-14(2)42)16(44)4-29(49,56-27)50-10-38;8-9-5(11)3-4-10-6(12)1-2-7(10)13/h4-5,11,14-16,20-25,29-35,45-46,53-55,59-61H,6-10,12-13H2,1-3H3,(H,40,50)(H,41,51)(H,42,52)(H,43,56);7,10-12,16-28,36-37,44-49H,4-6,8-9H2,1-3H3,(H,32,41)(H,33,42)(H,34,43);1-2H,3-4,8H2,(H,9,11)/b39-11+;;. The summed E-state index contributed by atoms with van der Waals surface area (Å²) in [4.78, 5) is 225. The third kappa shape index (κ3) is 31.3. The summed E-state index contributed by atoms with van der Waals surface area (Å²) in [6, 6.07) is -9.51. The lowest BCUT2D eigenvalue weighted by Crippen LogP contribution is -2.69. The van der Waals surface area contributed by atoms with E-state index in [1.807, 2.05) is 5.43 Å². The second-order valence-corrected chi connectivity index (χ2v) is 31.6. The van der Waals surface area contributed by atoms with Crippen molar-refractivity contribution >= 4 is 122 Å². The number of hydrogen-bond acceptors (Lipinski definition) is 53. The van der Waals surface area contributed by atoms with Crippen molar-refractivity contribution in [2.24, 2.45) is 10.9 Å². The summed E-state index contributed by atoms with van der Waals surface area (Å²) >= 11 is 0. The fraction of sp³-hybridized carbons (Fsp3) is 0.684. The van der Waals surface area contributed by atoms with Crippen molar-refractivity contribution in [3.05, 3.63) is 24.3 Å². The first-order valence-electron chi connectivity index (χ1n) is 41.5. The number of carbonyl (C=O) groups is 19. The van der Waals surface area contributed by atoms with Gasteiger partial charge in [0.05, 0.1) is 144 Å². The second-order valence-electron chi connectivity index (χ2n) is 31.6. The van der Waals surface area contributed by atoms with Crippen LogP contribution in [0.15, 0.2) is 29.4 Å². The third-order valence-electron chi connectivity index (χ3n) is 21.4. The lowest BCUT2D eigenvalue weighted by molar-refractivity contribution is -0.442. The molecule has 63 nitrogen and oxygen atoms in total. The number of carbonyl (C=O) groups excluding carboxylic acids is 19.